The highest BCUT2D eigenvalue weighted by atomic mass is 32.1. The number of rotatable bonds is 5. The van der Waals surface area contributed by atoms with Crippen LogP contribution in [-0.2, 0) is 11.2 Å². The van der Waals surface area contributed by atoms with Crippen molar-refractivity contribution in [2.24, 2.45) is 0 Å². The lowest BCUT2D eigenvalue weighted by Crippen LogP contribution is -2.27. The Morgan fingerprint density at radius 1 is 1.12 bits per heavy atom. The molecule has 6 nitrogen and oxygen atoms in total. The Morgan fingerprint density at radius 3 is 2.68 bits per heavy atom. The number of carbonyl (C=O) groups is 1. The summed E-state index contributed by atoms with van der Waals surface area (Å²) >= 11 is 1.52. The Kier molecular flexibility index (Phi) is 4.50. The van der Waals surface area contributed by atoms with Crippen LogP contribution in [0.15, 0.2) is 24.5 Å². The molecule has 1 aliphatic heterocycles. The summed E-state index contributed by atoms with van der Waals surface area (Å²) in [5.74, 6) is 0.225. The molecule has 0 aliphatic carbocycles. The molecule has 0 bridgehead atoms. The number of aromatic nitrogens is 4. The molecule has 4 rings (SSSR count). The lowest BCUT2D eigenvalue weighted by molar-refractivity contribution is -0.119. The van der Waals surface area contributed by atoms with Crippen molar-refractivity contribution in [2.75, 3.05) is 19.6 Å². The Morgan fingerprint density at radius 2 is 1.92 bits per heavy atom. The summed E-state index contributed by atoms with van der Waals surface area (Å²) < 4.78 is 0. The molecule has 0 aromatic carbocycles. The Labute approximate surface area is 149 Å². The number of carbonyl (C=O) groups excluding carboxylic acids is 1. The number of nitrogens with zero attached hydrogens (tertiary/aromatic N) is 5. The Hall–Kier alpha value is -2.25. The predicted molar refractivity (Wildman–Crippen MR) is 97.6 cm³/mol. The fourth-order valence-corrected chi connectivity index (χ4v) is 3.80. The van der Waals surface area contributed by atoms with Crippen molar-refractivity contribution in [1.82, 2.24) is 25.1 Å². The van der Waals surface area contributed by atoms with Crippen molar-refractivity contribution in [3.8, 4) is 10.7 Å². The molecule has 3 aromatic heterocycles. The van der Waals surface area contributed by atoms with Crippen molar-refractivity contribution in [3.05, 3.63) is 35.2 Å². The average Bonchev–Trinajstić information content (AvgIpc) is 3.26. The van der Waals surface area contributed by atoms with E-state index in [2.05, 4.69) is 25.1 Å². The maximum absolute atomic E-state index is 12.3. The molecule has 0 atom stereocenters. The number of fused-ring (bicyclic) bond motifs is 1. The highest BCUT2D eigenvalue weighted by Crippen LogP contribution is 2.24. The molecule has 1 aliphatic rings. The summed E-state index contributed by atoms with van der Waals surface area (Å²) in [6.45, 7) is 4.53. The van der Waals surface area contributed by atoms with Crippen molar-refractivity contribution in [2.45, 2.75) is 26.2 Å². The third kappa shape index (κ3) is 3.72. The Bertz CT molecular complexity index is 917. The van der Waals surface area contributed by atoms with Crippen LogP contribution in [0.4, 0.5) is 0 Å². The number of Topliss-reactive ketones (excluding diaryl/α,β-unsaturated/α-hetero) is 1. The van der Waals surface area contributed by atoms with Crippen LogP contribution in [0.1, 0.15) is 23.5 Å². The van der Waals surface area contributed by atoms with Crippen LogP contribution in [-0.4, -0.2) is 50.5 Å². The van der Waals surface area contributed by atoms with Crippen molar-refractivity contribution in [3.63, 3.8) is 0 Å². The molecule has 4 heterocycles. The second-order valence-electron chi connectivity index (χ2n) is 6.42. The van der Waals surface area contributed by atoms with Gasteiger partial charge in [-0.25, -0.2) is 0 Å². The van der Waals surface area contributed by atoms with Crippen LogP contribution in [0.2, 0.25) is 0 Å². The average molecular weight is 353 g/mol. The summed E-state index contributed by atoms with van der Waals surface area (Å²) in [7, 11) is 0. The zero-order valence-electron chi connectivity index (χ0n) is 14.1. The van der Waals surface area contributed by atoms with Gasteiger partial charge in [-0.3, -0.25) is 19.7 Å². The van der Waals surface area contributed by atoms with Crippen LogP contribution in [0.25, 0.3) is 21.5 Å². The lowest BCUT2D eigenvalue weighted by Gasteiger charge is -2.13. The summed E-state index contributed by atoms with van der Waals surface area (Å²) in [5, 5.41) is 11.9. The second-order valence-corrected chi connectivity index (χ2v) is 7.60. The molecule has 1 fully saturated rings. The molecule has 0 N–H and O–H groups in total. The van der Waals surface area contributed by atoms with E-state index in [9.17, 15) is 4.79 Å². The number of likely N-dealkylation sites (tertiary alicyclic amines) is 1. The van der Waals surface area contributed by atoms with Gasteiger partial charge in [0, 0.05) is 23.5 Å². The summed E-state index contributed by atoms with van der Waals surface area (Å²) in [6.07, 6.45) is 6.35. The van der Waals surface area contributed by atoms with E-state index in [1.54, 1.807) is 12.4 Å². The normalized spacial score (nSPS) is 15.1. The first-order valence-corrected chi connectivity index (χ1v) is 9.28. The van der Waals surface area contributed by atoms with Crippen molar-refractivity contribution >= 4 is 27.9 Å². The van der Waals surface area contributed by atoms with Gasteiger partial charge < -0.3 is 0 Å². The first-order valence-electron chi connectivity index (χ1n) is 8.46. The van der Waals surface area contributed by atoms with Gasteiger partial charge in [0.2, 0.25) is 0 Å². The van der Waals surface area contributed by atoms with Gasteiger partial charge in [-0.05, 0) is 50.4 Å². The molecule has 0 unspecified atom stereocenters. The van der Waals surface area contributed by atoms with E-state index >= 15 is 0 Å². The topological polar surface area (TPSA) is 71.9 Å². The number of hydrogen-bond donors (Lipinski definition) is 0. The van der Waals surface area contributed by atoms with E-state index in [4.69, 9.17) is 0 Å². The van der Waals surface area contributed by atoms with Gasteiger partial charge >= 0.3 is 0 Å². The quantitative estimate of drug-likeness (QED) is 0.702. The molecular formula is C18H19N5OS. The molecule has 1 saturated heterocycles. The van der Waals surface area contributed by atoms with E-state index in [1.807, 2.05) is 19.1 Å². The molecular weight excluding hydrogens is 334 g/mol. The van der Waals surface area contributed by atoms with Gasteiger partial charge in [-0.15, -0.1) is 10.2 Å². The molecule has 25 heavy (non-hydrogen) atoms. The molecule has 0 radical (unpaired) electrons. The van der Waals surface area contributed by atoms with Crippen LogP contribution < -0.4 is 0 Å². The SMILES string of the molecule is Cc1nnc(-c2cc3cc(CC(=O)CN4CCCC4)ncc3cn2)s1. The minimum Gasteiger partial charge on any atom is -0.298 e. The van der Waals surface area contributed by atoms with E-state index in [0.29, 0.717) is 13.0 Å². The number of hydrogen-bond acceptors (Lipinski definition) is 7. The third-order valence-electron chi connectivity index (χ3n) is 4.38. The predicted octanol–water partition coefficient (Wildman–Crippen LogP) is 2.66. The first kappa shape index (κ1) is 16.2. The van der Waals surface area contributed by atoms with Gasteiger partial charge in [-0.2, -0.15) is 0 Å². The summed E-state index contributed by atoms with van der Waals surface area (Å²) in [4.78, 5) is 23.4. The number of aryl methyl sites for hydroxylation is 1. The number of ketones is 1. The highest BCUT2D eigenvalue weighted by Gasteiger charge is 2.16. The molecule has 0 saturated carbocycles. The van der Waals surface area contributed by atoms with Gasteiger partial charge in [0.05, 0.1) is 13.0 Å². The van der Waals surface area contributed by atoms with E-state index in [1.165, 1.54) is 24.2 Å². The monoisotopic (exact) mass is 353 g/mol. The fourth-order valence-electron chi connectivity index (χ4n) is 3.15. The van der Waals surface area contributed by atoms with Gasteiger partial charge in [0.1, 0.15) is 10.7 Å². The minimum atomic E-state index is 0.225. The van der Waals surface area contributed by atoms with Gasteiger partial charge in [0.15, 0.2) is 10.8 Å². The highest BCUT2D eigenvalue weighted by molar-refractivity contribution is 7.14. The van der Waals surface area contributed by atoms with Crippen LogP contribution in [0, 0.1) is 6.92 Å². The van der Waals surface area contributed by atoms with Gasteiger partial charge in [-0.1, -0.05) is 11.3 Å². The maximum Gasteiger partial charge on any atom is 0.166 e. The largest absolute Gasteiger partial charge is 0.298 e. The van der Waals surface area contributed by atoms with E-state index in [0.717, 1.165) is 45.3 Å². The zero-order valence-corrected chi connectivity index (χ0v) is 14.9. The van der Waals surface area contributed by atoms with Crippen molar-refractivity contribution < 1.29 is 4.79 Å². The summed E-state index contributed by atoms with van der Waals surface area (Å²) in [6, 6.07) is 3.97. The Balaban J connectivity index is 1.54. The molecule has 0 amide bonds. The van der Waals surface area contributed by atoms with Crippen LogP contribution >= 0.6 is 11.3 Å². The van der Waals surface area contributed by atoms with Gasteiger partial charge in [0.25, 0.3) is 0 Å². The van der Waals surface area contributed by atoms with Crippen molar-refractivity contribution in [1.29, 1.82) is 0 Å². The second kappa shape index (κ2) is 6.93. The van der Waals surface area contributed by atoms with Crippen LogP contribution in [0.5, 0.6) is 0 Å². The fraction of sp³-hybridized carbons (Fsp3) is 0.389. The standard InChI is InChI=1S/C18H19N5OS/c1-12-21-22-18(25-12)17-7-13-6-15(19-9-14(13)10-20-17)8-16(24)11-23-4-2-3-5-23/h6-7,9-10H,2-5,8,11H2,1H3. The molecule has 128 valence electrons. The molecule has 7 heteroatoms. The molecule has 3 aromatic rings. The minimum absolute atomic E-state index is 0.225. The first-order chi connectivity index (χ1) is 12.2. The van der Waals surface area contributed by atoms with E-state index in [-0.39, 0.29) is 5.78 Å². The zero-order chi connectivity index (χ0) is 17.2. The smallest absolute Gasteiger partial charge is 0.166 e. The lowest BCUT2D eigenvalue weighted by atomic mass is 10.1. The maximum atomic E-state index is 12.3. The van der Waals surface area contributed by atoms with E-state index < -0.39 is 0 Å². The summed E-state index contributed by atoms with van der Waals surface area (Å²) in [5.41, 5.74) is 1.61. The molecule has 0 spiro atoms. The van der Waals surface area contributed by atoms with Crippen LogP contribution in [0.3, 0.4) is 0 Å². The third-order valence-corrected chi connectivity index (χ3v) is 5.24. The number of pyridine rings is 2.